The molecule has 0 saturated carbocycles. The van der Waals surface area contributed by atoms with E-state index in [0.29, 0.717) is 6.20 Å². The van der Waals surface area contributed by atoms with Gasteiger partial charge in [0.1, 0.15) is 6.07 Å². The van der Waals surface area contributed by atoms with Gasteiger partial charge in [-0.25, -0.2) is 13.8 Å². The van der Waals surface area contributed by atoms with Crippen LogP contribution in [0.1, 0.15) is 28.8 Å². The summed E-state index contributed by atoms with van der Waals surface area (Å²) in [4.78, 5) is 13.3. The Labute approximate surface area is 103 Å². The van der Waals surface area contributed by atoms with Crippen molar-refractivity contribution in [2.75, 3.05) is 0 Å². The lowest BCUT2D eigenvalue weighted by Gasteiger charge is -2.15. The second-order valence-electron chi connectivity index (χ2n) is 3.39. The van der Waals surface area contributed by atoms with Gasteiger partial charge in [0, 0.05) is 6.20 Å². The van der Waals surface area contributed by atoms with Crippen LogP contribution in [0.15, 0.2) is 6.20 Å². The third-order valence-corrected chi connectivity index (χ3v) is 2.16. The Morgan fingerprint density at radius 2 is 2.05 bits per heavy atom. The average molecular weight is 280 g/mol. The summed E-state index contributed by atoms with van der Waals surface area (Å²) in [5, 5.41) is 17.2. The normalized spacial score (nSPS) is 11.4. The summed E-state index contributed by atoms with van der Waals surface area (Å²) in [6.07, 6.45) is -9.43. The van der Waals surface area contributed by atoms with E-state index in [0.717, 1.165) is 0 Å². The quantitative estimate of drug-likeness (QED) is 0.863. The van der Waals surface area contributed by atoms with Crippen LogP contribution in [0.5, 0.6) is 0 Å². The predicted molar refractivity (Wildman–Crippen MR) is 50.3 cm³/mol. The molecule has 1 heterocycles. The summed E-state index contributed by atoms with van der Waals surface area (Å²) < 4.78 is 63.1. The predicted octanol–water partition coefficient (Wildman–Crippen LogP) is 2.54. The van der Waals surface area contributed by atoms with Gasteiger partial charge in [-0.3, -0.25) is 4.79 Å². The van der Waals surface area contributed by atoms with Gasteiger partial charge in [-0.05, 0) is 5.56 Å². The fraction of sp³-hybridized carbons (Fsp3) is 0.300. The smallest absolute Gasteiger partial charge is 0.433 e. The van der Waals surface area contributed by atoms with Crippen LogP contribution in [0, 0.1) is 11.3 Å². The summed E-state index contributed by atoms with van der Waals surface area (Å²) in [5.41, 5.74) is -4.93. The van der Waals surface area contributed by atoms with Crippen molar-refractivity contribution in [2.24, 2.45) is 0 Å². The number of aliphatic carboxylic acids is 1. The highest BCUT2D eigenvalue weighted by atomic mass is 19.4. The Morgan fingerprint density at radius 3 is 2.42 bits per heavy atom. The third kappa shape index (κ3) is 3.15. The molecule has 4 nitrogen and oxygen atoms in total. The number of hydrogen-bond donors (Lipinski definition) is 1. The van der Waals surface area contributed by atoms with E-state index in [1.54, 1.807) is 0 Å². The minimum atomic E-state index is -5.16. The molecule has 19 heavy (non-hydrogen) atoms. The molecular formula is C10H5F5N2O2. The number of carbonyl (C=O) groups is 1. The number of nitrogens with zero attached hydrogens (tertiary/aromatic N) is 2. The third-order valence-electron chi connectivity index (χ3n) is 2.16. The second-order valence-corrected chi connectivity index (χ2v) is 3.39. The average Bonchev–Trinajstić information content (AvgIpc) is 2.25. The molecule has 0 saturated heterocycles. The van der Waals surface area contributed by atoms with E-state index >= 15 is 0 Å². The van der Waals surface area contributed by atoms with Gasteiger partial charge in [0.15, 0.2) is 5.69 Å². The largest absolute Gasteiger partial charge is 0.481 e. The number of rotatable bonds is 3. The zero-order chi connectivity index (χ0) is 14.8. The standard InChI is InChI=1S/C10H5F5N2O2/c11-9(12)7-5(1-6(18)19)4(2-16)3-17-8(7)10(13,14)15/h3,9H,1H2,(H,18,19). The number of hydrogen-bond acceptors (Lipinski definition) is 3. The summed E-state index contributed by atoms with van der Waals surface area (Å²) in [6, 6.07) is 1.35. The van der Waals surface area contributed by atoms with Gasteiger partial charge in [0.25, 0.3) is 6.43 Å². The van der Waals surface area contributed by atoms with E-state index in [4.69, 9.17) is 10.4 Å². The number of aromatic nitrogens is 1. The Hall–Kier alpha value is -2.24. The van der Waals surface area contributed by atoms with Crippen molar-refractivity contribution >= 4 is 5.97 Å². The molecular weight excluding hydrogens is 275 g/mol. The van der Waals surface area contributed by atoms with Crippen molar-refractivity contribution in [3.63, 3.8) is 0 Å². The van der Waals surface area contributed by atoms with Crippen LogP contribution in [-0.2, 0) is 17.4 Å². The van der Waals surface area contributed by atoms with E-state index in [9.17, 15) is 26.7 Å². The lowest BCUT2D eigenvalue weighted by Crippen LogP contribution is -2.17. The maximum atomic E-state index is 12.7. The maximum Gasteiger partial charge on any atom is 0.433 e. The lowest BCUT2D eigenvalue weighted by molar-refractivity contribution is -0.143. The molecule has 0 atom stereocenters. The molecule has 102 valence electrons. The van der Waals surface area contributed by atoms with Crippen molar-refractivity contribution in [2.45, 2.75) is 19.0 Å². The minimum Gasteiger partial charge on any atom is -0.481 e. The fourth-order valence-electron chi connectivity index (χ4n) is 1.46. The SMILES string of the molecule is N#Cc1cnc(C(F)(F)F)c(C(F)F)c1CC(=O)O. The van der Waals surface area contributed by atoms with E-state index in [1.165, 1.54) is 6.07 Å². The number of carboxylic acid groups (broad SMARTS) is 1. The van der Waals surface area contributed by atoms with Crippen LogP contribution >= 0.6 is 0 Å². The molecule has 9 heteroatoms. The lowest BCUT2D eigenvalue weighted by atomic mass is 9.98. The first kappa shape index (κ1) is 14.8. The molecule has 1 rings (SSSR count). The van der Waals surface area contributed by atoms with Gasteiger partial charge < -0.3 is 5.11 Å². The van der Waals surface area contributed by atoms with E-state index in [-0.39, 0.29) is 0 Å². The zero-order valence-electron chi connectivity index (χ0n) is 9.00. The van der Waals surface area contributed by atoms with Crippen LogP contribution < -0.4 is 0 Å². The second kappa shape index (κ2) is 5.17. The van der Waals surface area contributed by atoms with E-state index in [2.05, 4.69) is 4.98 Å². The summed E-state index contributed by atoms with van der Waals surface area (Å²) >= 11 is 0. The first-order chi connectivity index (χ1) is 8.68. The molecule has 1 aromatic rings. The van der Waals surface area contributed by atoms with Crippen LogP contribution in [0.4, 0.5) is 22.0 Å². The van der Waals surface area contributed by atoms with Crippen molar-refractivity contribution in [1.82, 2.24) is 4.98 Å². The fourth-order valence-corrected chi connectivity index (χ4v) is 1.46. The van der Waals surface area contributed by atoms with E-state index < -0.39 is 47.4 Å². The Balaban J connectivity index is 3.64. The Bertz CT molecular complexity index is 548. The van der Waals surface area contributed by atoms with Crippen LogP contribution in [0.25, 0.3) is 0 Å². The van der Waals surface area contributed by atoms with Gasteiger partial charge in [-0.1, -0.05) is 0 Å². The summed E-state index contributed by atoms with van der Waals surface area (Å²) in [5.74, 6) is -1.63. The summed E-state index contributed by atoms with van der Waals surface area (Å²) in [6.45, 7) is 0. The number of nitriles is 1. The number of carboxylic acids is 1. The molecule has 0 aliphatic carbocycles. The van der Waals surface area contributed by atoms with Crippen LogP contribution in [0.3, 0.4) is 0 Å². The first-order valence-corrected chi connectivity index (χ1v) is 4.67. The molecule has 1 N–H and O–H groups in total. The zero-order valence-corrected chi connectivity index (χ0v) is 9.00. The highest BCUT2D eigenvalue weighted by molar-refractivity contribution is 5.72. The first-order valence-electron chi connectivity index (χ1n) is 4.67. The maximum absolute atomic E-state index is 12.7. The van der Waals surface area contributed by atoms with Crippen molar-refractivity contribution in [3.8, 4) is 6.07 Å². The highest BCUT2D eigenvalue weighted by Gasteiger charge is 2.40. The molecule has 0 fully saturated rings. The molecule has 0 aromatic carbocycles. The molecule has 0 spiro atoms. The van der Waals surface area contributed by atoms with Crippen LogP contribution in [0.2, 0.25) is 0 Å². The Kier molecular flexibility index (Phi) is 4.04. The van der Waals surface area contributed by atoms with Gasteiger partial charge in [0.05, 0.1) is 17.5 Å². The molecule has 0 bridgehead atoms. The minimum absolute atomic E-state index is 0.437. The number of alkyl halides is 5. The highest BCUT2D eigenvalue weighted by Crippen LogP contribution is 2.37. The Morgan fingerprint density at radius 1 is 1.47 bits per heavy atom. The van der Waals surface area contributed by atoms with Gasteiger partial charge >= 0.3 is 12.1 Å². The van der Waals surface area contributed by atoms with Gasteiger partial charge in [0.2, 0.25) is 0 Å². The van der Waals surface area contributed by atoms with Gasteiger partial charge in [-0.15, -0.1) is 0 Å². The van der Waals surface area contributed by atoms with Crippen molar-refractivity contribution in [3.05, 3.63) is 28.6 Å². The van der Waals surface area contributed by atoms with Gasteiger partial charge in [-0.2, -0.15) is 18.4 Å². The summed E-state index contributed by atoms with van der Waals surface area (Å²) in [7, 11) is 0. The molecule has 0 radical (unpaired) electrons. The topological polar surface area (TPSA) is 74.0 Å². The molecule has 1 aromatic heterocycles. The molecule has 0 aliphatic rings. The van der Waals surface area contributed by atoms with E-state index in [1.807, 2.05) is 0 Å². The number of halogens is 5. The molecule has 0 amide bonds. The van der Waals surface area contributed by atoms with Crippen molar-refractivity contribution < 1.29 is 31.9 Å². The van der Waals surface area contributed by atoms with Crippen LogP contribution in [-0.4, -0.2) is 16.1 Å². The molecule has 0 aliphatic heterocycles. The van der Waals surface area contributed by atoms with Crippen molar-refractivity contribution in [1.29, 1.82) is 5.26 Å². The number of pyridine rings is 1. The monoisotopic (exact) mass is 280 g/mol. The molecule has 0 unspecified atom stereocenters.